The number of pyridine rings is 1. The second-order valence-electron chi connectivity index (χ2n) is 12.0. The highest BCUT2D eigenvalue weighted by Gasteiger charge is 2.21. The molecule has 0 saturated heterocycles. The van der Waals surface area contributed by atoms with Crippen LogP contribution in [0.1, 0.15) is 11.1 Å². The summed E-state index contributed by atoms with van der Waals surface area (Å²) in [6, 6.07) is 49.8. The Labute approximate surface area is 276 Å². The Bertz CT molecular complexity index is 2330. The summed E-state index contributed by atoms with van der Waals surface area (Å²) in [6.07, 6.45) is 0. The fourth-order valence-corrected chi connectivity index (χ4v) is 6.77. The molecule has 1 aromatic heterocycles. The van der Waals surface area contributed by atoms with Crippen molar-refractivity contribution in [2.45, 2.75) is 6.54 Å². The lowest BCUT2D eigenvalue weighted by Gasteiger charge is -2.31. The van der Waals surface area contributed by atoms with Crippen LogP contribution < -0.4 is 15.4 Å². The van der Waals surface area contributed by atoms with Gasteiger partial charge in [-0.05, 0) is 46.3 Å². The Morgan fingerprint density at radius 3 is 1.70 bits per heavy atom. The van der Waals surface area contributed by atoms with Gasteiger partial charge in [0.1, 0.15) is 0 Å². The summed E-state index contributed by atoms with van der Waals surface area (Å²) < 4.78 is 1.71. The van der Waals surface area contributed by atoms with Gasteiger partial charge in [-0.15, -0.1) is 0 Å². The quantitative estimate of drug-likeness (QED) is 0.160. The molecule has 0 radical (unpaired) electrons. The summed E-state index contributed by atoms with van der Waals surface area (Å²) in [4.78, 5) is 16.6. The Morgan fingerprint density at radius 1 is 0.489 bits per heavy atom. The predicted octanol–water partition coefficient (Wildman–Crippen LogP) is 9.77. The van der Waals surface area contributed by atoms with Crippen LogP contribution in [-0.4, -0.2) is 18.7 Å². The number of fused-ring (bicyclic) bond motifs is 9. The number of benzene rings is 6. The average molecular weight is 612 g/mol. The summed E-state index contributed by atoms with van der Waals surface area (Å²) in [6.45, 7) is 5.17. The molecule has 0 spiro atoms. The van der Waals surface area contributed by atoms with E-state index in [4.69, 9.17) is 0 Å². The Balaban J connectivity index is 0.000000112. The number of hydrogen-bond donors (Lipinski definition) is 0. The van der Waals surface area contributed by atoms with Gasteiger partial charge in [0.15, 0.2) is 0 Å². The number of nitrogens with zero attached hydrogens (tertiary/aromatic N) is 3. The third-order valence-corrected chi connectivity index (χ3v) is 9.25. The van der Waals surface area contributed by atoms with Gasteiger partial charge in [-0.2, -0.15) is 0 Å². The van der Waals surface area contributed by atoms with Crippen molar-refractivity contribution >= 4 is 38.7 Å². The molecule has 0 fully saturated rings. The van der Waals surface area contributed by atoms with Gasteiger partial charge in [-0.25, -0.2) is 0 Å². The second kappa shape index (κ2) is 12.5. The predicted molar refractivity (Wildman–Crippen MR) is 200 cm³/mol. The minimum absolute atomic E-state index is 0.0642. The van der Waals surface area contributed by atoms with Crippen LogP contribution in [0.4, 0.5) is 11.4 Å². The lowest BCUT2D eigenvalue weighted by Crippen LogP contribution is -2.21. The molecule has 9 rings (SSSR count). The molecule has 0 amide bonds. The van der Waals surface area contributed by atoms with E-state index in [1.165, 1.54) is 44.8 Å². The van der Waals surface area contributed by atoms with Crippen LogP contribution in [0.5, 0.6) is 0 Å². The fraction of sp³-hybridized carbons (Fsp3) is 0.0930. The van der Waals surface area contributed by atoms with Crippen LogP contribution in [0.2, 0.25) is 0 Å². The van der Waals surface area contributed by atoms with Crippen LogP contribution >= 0.6 is 0 Å². The van der Waals surface area contributed by atoms with Crippen molar-refractivity contribution in [3.63, 3.8) is 0 Å². The smallest absolute Gasteiger partial charge is 0.258 e. The molecule has 0 unspecified atom stereocenters. The maximum atomic E-state index is 12.1. The van der Waals surface area contributed by atoms with Gasteiger partial charge in [0.2, 0.25) is 0 Å². The van der Waals surface area contributed by atoms with E-state index in [0.29, 0.717) is 0 Å². The molecule has 47 heavy (non-hydrogen) atoms. The van der Waals surface area contributed by atoms with Gasteiger partial charge in [-0.3, -0.25) is 4.79 Å². The highest BCUT2D eigenvalue weighted by atomic mass is 16.1. The maximum absolute atomic E-state index is 12.1. The molecule has 0 aliphatic carbocycles. The molecular weight excluding hydrogens is 574 g/mol. The number of anilines is 2. The summed E-state index contributed by atoms with van der Waals surface area (Å²) in [5.41, 5.74) is 12.6. The fourth-order valence-electron chi connectivity index (χ4n) is 6.77. The van der Waals surface area contributed by atoms with Crippen molar-refractivity contribution in [2.75, 3.05) is 23.9 Å². The molecule has 0 bridgehead atoms. The SMILES string of the molecule is C=C1c2ccccc2-c2ccccc2N1C.CN1Cc2ccccc2-c2ccccc21.Cn1c(=O)c2ccccc2c2ccccc21. The van der Waals surface area contributed by atoms with Crippen molar-refractivity contribution < 1.29 is 0 Å². The van der Waals surface area contributed by atoms with Crippen molar-refractivity contribution in [1.29, 1.82) is 0 Å². The maximum Gasteiger partial charge on any atom is 0.258 e. The number of aromatic nitrogens is 1. The third-order valence-electron chi connectivity index (χ3n) is 9.25. The zero-order chi connectivity index (χ0) is 32.5. The van der Waals surface area contributed by atoms with Crippen LogP contribution in [0.25, 0.3) is 49.6 Å². The molecule has 2 aliphatic rings. The van der Waals surface area contributed by atoms with Crippen molar-refractivity contribution in [3.05, 3.63) is 174 Å². The summed E-state index contributed by atoms with van der Waals surface area (Å²) in [5, 5.41) is 2.94. The van der Waals surface area contributed by atoms with Crippen LogP contribution in [0, 0.1) is 0 Å². The minimum Gasteiger partial charge on any atom is -0.370 e. The molecule has 0 saturated carbocycles. The molecule has 230 valence electrons. The van der Waals surface area contributed by atoms with E-state index in [9.17, 15) is 4.79 Å². The molecule has 4 heteroatoms. The Hall–Kier alpha value is -5.87. The molecule has 7 aromatic rings. The first kappa shape index (κ1) is 29.8. The Kier molecular flexibility index (Phi) is 7.93. The molecular formula is C43H37N3O. The summed E-state index contributed by atoms with van der Waals surface area (Å²) in [7, 11) is 6.03. The third kappa shape index (κ3) is 5.38. The van der Waals surface area contributed by atoms with Crippen molar-refractivity contribution in [1.82, 2.24) is 4.57 Å². The summed E-state index contributed by atoms with van der Waals surface area (Å²) >= 11 is 0. The van der Waals surface area contributed by atoms with Crippen LogP contribution in [0.3, 0.4) is 0 Å². The van der Waals surface area contributed by atoms with Crippen LogP contribution in [0.15, 0.2) is 157 Å². The number of rotatable bonds is 0. The van der Waals surface area contributed by atoms with E-state index in [0.717, 1.165) is 33.9 Å². The molecule has 0 N–H and O–H groups in total. The van der Waals surface area contributed by atoms with E-state index in [1.54, 1.807) is 4.57 Å². The van der Waals surface area contributed by atoms with Gasteiger partial charge in [-0.1, -0.05) is 128 Å². The van der Waals surface area contributed by atoms with E-state index < -0.39 is 0 Å². The van der Waals surface area contributed by atoms with Gasteiger partial charge < -0.3 is 14.4 Å². The number of hydrogen-bond acceptors (Lipinski definition) is 3. The van der Waals surface area contributed by atoms with Crippen molar-refractivity contribution in [3.8, 4) is 22.3 Å². The van der Waals surface area contributed by atoms with Gasteiger partial charge >= 0.3 is 0 Å². The number of aryl methyl sites for hydroxylation is 1. The average Bonchev–Trinajstić information content (AvgIpc) is 3.13. The van der Waals surface area contributed by atoms with Gasteiger partial charge in [0, 0.05) is 72.2 Å². The lowest BCUT2D eigenvalue weighted by molar-refractivity contribution is 0.911. The Morgan fingerprint density at radius 2 is 0.979 bits per heavy atom. The first-order valence-electron chi connectivity index (χ1n) is 15.9. The first-order valence-corrected chi connectivity index (χ1v) is 15.9. The molecule has 6 aromatic carbocycles. The largest absolute Gasteiger partial charge is 0.370 e. The van der Waals surface area contributed by atoms with Gasteiger partial charge in [0.05, 0.1) is 5.52 Å². The standard InChI is InChI=1S/C15H13N.C14H11NO.C14H13N/c1-11-12-7-3-4-8-13(12)14-9-5-6-10-15(14)16(11)2;1-15-13-9-5-4-7-11(13)10-6-2-3-8-12(10)14(15)16;1-15-10-11-6-2-3-7-12(11)13-8-4-5-9-14(13)15/h3-10H,1H2,2H3;2-9H,1H3;2-9H,10H2,1H3. The first-order chi connectivity index (χ1) is 22.9. The van der Waals surface area contributed by atoms with E-state index in [2.05, 4.69) is 134 Å². The summed E-state index contributed by atoms with van der Waals surface area (Å²) in [5.74, 6) is 0. The second-order valence-corrected chi connectivity index (χ2v) is 12.0. The van der Waals surface area contributed by atoms with Crippen molar-refractivity contribution in [2.24, 2.45) is 7.05 Å². The number of para-hydroxylation sites is 3. The molecule has 3 heterocycles. The molecule has 4 nitrogen and oxygen atoms in total. The zero-order valence-corrected chi connectivity index (χ0v) is 27.0. The highest BCUT2D eigenvalue weighted by Crippen LogP contribution is 2.42. The zero-order valence-electron chi connectivity index (χ0n) is 27.0. The lowest BCUT2D eigenvalue weighted by atomic mass is 9.92. The molecule has 0 atom stereocenters. The van der Waals surface area contributed by atoms with E-state index >= 15 is 0 Å². The van der Waals surface area contributed by atoms with E-state index in [1.807, 2.05) is 49.5 Å². The van der Waals surface area contributed by atoms with Gasteiger partial charge in [0.25, 0.3) is 5.56 Å². The van der Waals surface area contributed by atoms with E-state index in [-0.39, 0.29) is 5.56 Å². The molecule has 2 aliphatic heterocycles. The topological polar surface area (TPSA) is 28.5 Å². The van der Waals surface area contributed by atoms with Crippen LogP contribution in [-0.2, 0) is 13.6 Å². The normalized spacial score (nSPS) is 12.5. The highest BCUT2D eigenvalue weighted by molar-refractivity contribution is 6.05. The monoisotopic (exact) mass is 611 g/mol. The minimum atomic E-state index is 0.0642.